The molecule has 3 heteroatoms. The molecular formula is C23H21NO2. The number of carbonyl (C=O) groups excluding carboxylic acids is 1. The van der Waals surface area contributed by atoms with Crippen molar-refractivity contribution in [3.63, 3.8) is 0 Å². The molecule has 130 valence electrons. The van der Waals surface area contributed by atoms with Crippen LogP contribution in [0.5, 0.6) is 0 Å². The number of carbonyl (C=O) groups is 1. The standard InChI is InChI=1S/C23H21NO2/c25-23(20-12-5-2-6-13-20)24(26)16-15-19-11-7-8-14-21(19)22(24)17-18-9-3-1-4-10-18/h1-14,22H,15-17H2. The van der Waals surface area contributed by atoms with E-state index in [2.05, 4.69) is 6.07 Å². The number of fused-ring (bicyclic) bond motifs is 1. The van der Waals surface area contributed by atoms with Crippen LogP contribution in [0.25, 0.3) is 0 Å². The number of rotatable bonds is 3. The molecule has 0 spiro atoms. The number of hydrogen-bond acceptors (Lipinski definition) is 2. The summed E-state index contributed by atoms with van der Waals surface area (Å²) < 4.78 is -0.823. The molecule has 3 aromatic carbocycles. The Bertz CT molecular complexity index is 908. The first-order chi connectivity index (χ1) is 12.7. The number of quaternary nitrogens is 1. The monoisotopic (exact) mass is 343 g/mol. The van der Waals surface area contributed by atoms with E-state index in [4.69, 9.17) is 0 Å². The van der Waals surface area contributed by atoms with Crippen LogP contribution in [0, 0.1) is 5.21 Å². The minimum atomic E-state index is -0.823. The quantitative estimate of drug-likeness (QED) is 0.512. The van der Waals surface area contributed by atoms with E-state index in [9.17, 15) is 10.0 Å². The number of hydroxylamine groups is 3. The molecule has 1 aliphatic heterocycles. The van der Waals surface area contributed by atoms with Gasteiger partial charge in [-0.2, -0.15) is 0 Å². The van der Waals surface area contributed by atoms with Crippen LogP contribution in [-0.2, 0) is 12.8 Å². The first kappa shape index (κ1) is 16.7. The van der Waals surface area contributed by atoms with Crippen molar-refractivity contribution in [1.29, 1.82) is 0 Å². The Kier molecular flexibility index (Phi) is 4.41. The second-order valence-electron chi connectivity index (χ2n) is 6.84. The molecule has 0 N–H and O–H groups in total. The molecule has 2 atom stereocenters. The minimum Gasteiger partial charge on any atom is -0.625 e. The van der Waals surface area contributed by atoms with Crippen LogP contribution in [0.1, 0.15) is 33.1 Å². The Balaban J connectivity index is 1.78. The third-order valence-corrected chi connectivity index (χ3v) is 5.27. The fourth-order valence-electron chi connectivity index (χ4n) is 3.89. The van der Waals surface area contributed by atoms with Gasteiger partial charge in [-0.1, -0.05) is 72.8 Å². The summed E-state index contributed by atoms with van der Waals surface area (Å²) in [5.74, 6) is -0.346. The van der Waals surface area contributed by atoms with Crippen molar-refractivity contribution in [2.45, 2.75) is 18.9 Å². The van der Waals surface area contributed by atoms with Gasteiger partial charge in [-0.3, -0.25) is 4.65 Å². The van der Waals surface area contributed by atoms with E-state index in [0.29, 0.717) is 18.4 Å². The van der Waals surface area contributed by atoms with Gasteiger partial charge in [0.15, 0.2) is 0 Å². The van der Waals surface area contributed by atoms with Crippen LogP contribution in [0.15, 0.2) is 84.9 Å². The molecular weight excluding hydrogens is 322 g/mol. The van der Waals surface area contributed by atoms with Gasteiger partial charge in [-0.05, 0) is 23.3 Å². The maximum Gasteiger partial charge on any atom is 0.346 e. The van der Waals surface area contributed by atoms with Crippen LogP contribution >= 0.6 is 0 Å². The van der Waals surface area contributed by atoms with E-state index in [1.165, 1.54) is 5.56 Å². The molecule has 0 saturated heterocycles. The molecule has 3 nitrogen and oxygen atoms in total. The van der Waals surface area contributed by atoms with Crippen molar-refractivity contribution in [3.05, 3.63) is 112 Å². The molecule has 1 amide bonds. The van der Waals surface area contributed by atoms with Crippen LogP contribution in [0.2, 0.25) is 0 Å². The van der Waals surface area contributed by atoms with E-state index < -0.39 is 10.7 Å². The molecule has 4 rings (SSSR count). The third kappa shape index (κ3) is 2.96. The zero-order valence-electron chi connectivity index (χ0n) is 14.5. The van der Waals surface area contributed by atoms with Gasteiger partial charge in [0.25, 0.3) is 0 Å². The van der Waals surface area contributed by atoms with Gasteiger partial charge in [0.1, 0.15) is 6.04 Å². The normalized spacial score (nSPS) is 21.8. The summed E-state index contributed by atoms with van der Waals surface area (Å²) in [6.07, 6.45) is 1.18. The molecule has 0 saturated carbocycles. The Morgan fingerprint density at radius 1 is 0.885 bits per heavy atom. The second-order valence-corrected chi connectivity index (χ2v) is 6.84. The van der Waals surface area contributed by atoms with Crippen LogP contribution in [0.3, 0.4) is 0 Å². The van der Waals surface area contributed by atoms with Crippen LogP contribution in [0.4, 0.5) is 0 Å². The largest absolute Gasteiger partial charge is 0.625 e. The molecule has 0 fully saturated rings. The highest BCUT2D eigenvalue weighted by atomic mass is 16.6. The predicted molar refractivity (Wildman–Crippen MR) is 102 cm³/mol. The Hall–Kier alpha value is -2.75. The molecule has 1 aliphatic rings. The van der Waals surface area contributed by atoms with Crippen molar-refractivity contribution in [1.82, 2.24) is 0 Å². The average Bonchev–Trinajstić information content (AvgIpc) is 2.71. The highest BCUT2D eigenvalue weighted by Crippen LogP contribution is 2.39. The summed E-state index contributed by atoms with van der Waals surface area (Å²) in [6.45, 7) is 0.280. The highest BCUT2D eigenvalue weighted by Gasteiger charge is 2.42. The maximum absolute atomic E-state index is 13.9. The lowest BCUT2D eigenvalue weighted by molar-refractivity contribution is -0.834. The molecule has 0 aromatic heterocycles. The molecule has 1 heterocycles. The van der Waals surface area contributed by atoms with Gasteiger partial charge >= 0.3 is 5.91 Å². The first-order valence-electron chi connectivity index (χ1n) is 8.99. The van der Waals surface area contributed by atoms with E-state index >= 15 is 0 Å². The lowest BCUT2D eigenvalue weighted by Gasteiger charge is -2.49. The summed E-state index contributed by atoms with van der Waals surface area (Å²) in [6, 6.07) is 26.5. The smallest absolute Gasteiger partial charge is 0.346 e. The Morgan fingerprint density at radius 3 is 2.23 bits per heavy atom. The van der Waals surface area contributed by atoms with Gasteiger partial charge in [-0.25, -0.2) is 4.79 Å². The van der Waals surface area contributed by atoms with E-state index in [1.807, 2.05) is 66.7 Å². The van der Waals surface area contributed by atoms with Gasteiger partial charge in [0.05, 0.1) is 12.1 Å². The summed E-state index contributed by atoms with van der Waals surface area (Å²) >= 11 is 0. The lowest BCUT2D eigenvalue weighted by Crippen LogP contribution is -2.54. The molecule has 0 aliphatic carbocycles. The maximum atomic E-state index is 13.9. The fraction of sp³-hybridized carbons (Fsp3) is 0.174. The predicted octanol–water partition coefficient (Wildman–Crippen LogP) is 4.68. The average molecular weight is 343 g/mol. The lowest BCUT2D eigenvalue weighted by atomic mass is 9.87. The number of hydrogen-bond donors (Lipinski definition) is 0. The molecule has 3 aromatic rings. The van der Waals surface area contributed by atoms with E-state index in [-0.39, 0.29) is 12.5 Å². The Labute approximate surface area is 153 Å². The summed E-state index contributed by atoms with van der Waals surface area (Å²) in [7, 11) is 0. The zero-order chi connectivity index (χ0) is 18.0. The van der Waals surface area contributed by atoms with Crippen molar-refractivity contribution >= 4 is 5.91 Å². The minimum absolute atomic E-state index is 0.280. The second kappa shape index (κ2) is 6.87. The van der Waals surface area contributed by atoms with E-state index in [0.717, 1.165) is 11.1 Å². The van der Waals surface area contributed by atoms with Crippen LogP contribution < -0.4 is 0 Å². The zero-order valence-corrected chi connectivity index (χ0v) is 14.5. The van der Waals surface area contributed by atoms with Crippen molar-refractivity contribution < 1.29 is 9.44 Å². The number of amides is 1. The van der Waals surface area contributed by atoms with Crippen molar-refractivity contribution in [2.24, 2.45) is 0 Å². The molecule has 0 bridgehead atoms. The highest BCUT2D eigenvalue weighted by molar-refractivity contribution is 5.89. The fourth-order valence-corrected chi connectivity index (χ4v) is 3.89. The Morgan fingerprint density at radius 2 is 1.50 bits per heavy atom. The number of nitrogens with zero attached hydrogens (tertiary/aromatic N) is 1. The van der Waals surface area contributed by atoms with Crippen molar-refractivity contribution in [2.75, 3.05) is 6.54 Å². The molecule has 26 heavy (non-hydrogen) atoms. The van der Waals surface area contributed by atoms with Gasteiger partial charge in [0.2, 0.25) is 0 Å². The van der Waals surface area contributed by atoms with Crippen molar-refractivity contribution in [3.8, 4) is 0 Å². The molecule has 0 radical (unpaired) electrons. The third-order valence-electron chi connectivity index (χ3n) is 5.27. The van der Waals surface area contributed by atoms with Gasteiger partial charge in [-0.15, -0.1) is 0 Å². The first-order valence-corrected chi connectivity index (χ1v) is 8.99. The van der Waals surface area contributed by atoms with Gasteiger partial charge < -0.3 is 5.21 Å². The summed E-state index contributed by atoms with van der Waals surface area (Å²) in [5.41, 5.74) is 3.74. The van der Waals surface area contributed by atoms with E-state index in [1.54, 1.807) is 12.1 Å². The SMILES string of the molecule is O=C(c1ccccc1)[N+]1([O-])CCc2ccccc2C1Cc1ccccc1. The van der Waals surface area contributed by atoms with Gasteiger partial charge in [0, 0.05) is 18.4 Å². The topological polar surface area (TPSA) is 40.1 Å². The molecule has 2 unspecified atom stereocenters. The summed E-state index contributed by atoms with van der Waals surface area (Å²) in [5, 5.41) is 13.9. The number of benzene rings is 3. The summed E-state index contributed by atoms with van der Waals surface area (Å²) in [4.78, 5) is 13.2. The van der Waals surface area contributed by atoms with Crippen LogP contribution in [-0.4, -0.2) is 17.1 Å².